The average Bonchev–Trinajstić information content (AvgIpc) is 3.03. The number of amides is 2. The van der Waals surface area contributed by atoms with Gasteiger partial charge in [0.05, 0.1) is 20.4 Å². The number of nitrogens with zero attached hydrogens (tertiary/aromatic N) is 1. The Morgan fingerprint density at radius 2 is 1.62 bits per heavy atom. The van der Waals surface area contributed by atoms with Crippen molar-refractivity contribution in [2.24, 2.45) is 0 Å². The summed E-state index contributed by atoms with van der Waals surface area (Å²) in [5, 5.41) is 0.779. The Labute approximate surface area is 236 Å². The number of imide groups is 1. The molecule has 3 aromatic rings. The van der Waals surface area contributed by atoms with Crippen LogP contribution >= 0.6 is 82.8 Å². The quantitative estimate of drug-likeness (QED) is 0.240. The molecule has 2 amide bonds. The first kappa shape index (κ1) is 25.8. The van der Waals surface area contributed by atoms with Gasteiger partial charge >= 0.3 is 0 Å². The van der Waals surface area contributed by atoms with E-state index in [9.17, 15) is 9.59 Å². The highest BCUT2D eigenvalue weighted by Gasteiger charge is 2.35. The minimum atomic E-state index is -0.323. The van der Waals surface area contributed by atoms with Crippen molar-refractivity contribution in [1.29, 1.82) is 0 Å². The molecule has 4 nitrogen and oxygen atoms in total. The van der Waals surface area contributed by atoms with Gasteiger partial charge in [0.1, 0.15) is 12.4 Å². The van der Waals surface area contributed by atoms with Gasteiger partial charge in [0.25, 0.3) is 11.1 Å². The van der Waals surface area contributed by atoms with Crippen molar-refractivity contribution in [3.63, 3.8) is 0 Å². The molecule has 1 aliphatic rings. The first-order valence-corrected chi connectivity index (χ1v) is 13.7. The molecule has 0 atom stereocenters. The maximum atomic E-state index is 12.9. The molecule has 174 valence electrons. The number of carbonyl (C=O) groups excluding carboxylic acids is 2. The lowest BCUT2D eigenvalue weighted by molar-refractivity contribution is -0.123. The van der Waals surface area contributed by atoms with E-state index in [0.717, 1.165) is 32.9 Å². The molecule has 0 N–H and O–H groups in total. The summed E-state index contributed by atoms with van der Waals surface area (Å²) in [6, 6.07) is 16.4. The summed E-state index contributed by atoms with van der Waals surface area (Å²) < 4.78 is 8.17. The van der Waals surface area contributed by atoms with Gasteiger partial charge in [-0.1, -0.05) is 63.4 Å². The molecule has 1 saturated heterocycles. The van der Waals surface area contributed by atoms with E-state index < -0.39 is 0 Å². The number of rotatable bonds is 6. The number of hydrogen-bond acceptors (Lipinski definition) is 4. The maximum Gasteiger partial charge on any atom is 0.293 e. The van der Waals surface area contributed by atoms with Gasteiger partial charge in [-0.05, 0) is 91.2 Å². The molecule has 0 aliphatic carbocycles. The summed E-state index contributed by atoms with van der Waals surface area (Å²) in [4.78, 5) is 27.0. The molecule has 1 fully saturated rings. The van der Waals surface area contributed by atoms with Gasteiger partial charge in [0, 0.05) is 20.1 Å². The van der Waals surface area contributed by atoms with Crippen LogP contribution in [0.1, 0.15) is 16.7 Å². The number of benzene rings is 3. The van der Waals surface area contributed by atoms with Gasteiger partial charge in [0.2, 0.25) is 0 Å². The Morgan fingerprint density at radius 1 is 0.912 bits per heavy atom. The number of ether oxygens (including phenoxy) is 1. The SMILES string of the molecule is O=C1S/C(=C/c2cc(Br)c(OCc3ccc(Cl)cc3Cl)c(Br)c2)C(=O)N1Cc1ccccc1Br. The van der Waals surface area contributed by atoms with Gasteiger partial charge in [-0.3, -0.25) is 14.5 Å². The van der Waals surface area contributed by atoms with Gasteiger partial charge in [-0.25, -0.2) is 0 Å². The van der Waals surface area contributed by atoms with E-state index in [-0.39, 0.29) is 24.3 Å². The van der Waals surface area contributed by atoms with Gasteiger partial charge < -0.3 is 4.74 Å². The van der Waals surface area contributed by atoms with Gasteiger partial charge in [-0.15, -0.1) is 0 Å². The van der Waals surface area contributed by atoms with Crippen LogP contribution in [0.3, 0.4) is 0 Å². The number of hydrogen-bond donors (Lipinski definition) is 0. The topological polar surface area (TPSA) is 46.6 Å². The van der Waals surface area contributed by atoms with Crippen LogP contribution in [-0.4, -0.2) is 16.0 Å². The Morgan fingerprint density at radius 3 is 2.29 bits per heavy atom. The highest BCUT2D eigenvalue weighted by molar-refractivity contribution is 9.11. The first-order valence-electron chi connectivity index (χ1n) is 9.77. The van der Waals surface area contributed by atoms with Crippen molar-refractivity contribution in [1.82, 2.24) is 4.90 Å². The third-order valence-electron chi connectivity index (χ3n) is 4.87. The molecule has 34 heavy (non-hydrogen) atoms. The molecule has 3 aromatic carbocycles. The van der Waals surface area contributed by atoms with E-state index in [2.05, 4.69) is 47.8 Å². The van der Waals surface area contributed by atoms with E-state index in [1.54, 1.807) is 18.2 Å². The normalized spacial score (nSPS) is 14.9. The van der Waals surface area contributed by atoms with Crippen LogP contribution in [0, 0.1) is 0 Å². The zero-order valence-corrected chi connectivity index (χ0v) is 24.2. The predicted molar refractivity (Wildman–Crippen MR) is 148 cm³/mol. The summed E-state index contributed by atoms with van der Waals surface area (Å²) in [5.41, 5.74) is 2.40. The fraction of sp³-hybridized carbons (Fsp3) is 0.0833. The molecule has 10 heteroatoms. The van der Waals surface area contributed by atoms with Crippen LogP contribution in [0.25, 0.3) is 6.08 Å². The monoisotopic (exact) mass is 703 g/mol. The minimum Gasteiger partial charge on any atom is -0.486 e. The summed E-state index contributed by atoms with van der Waals surface area (Å²) in [6.07, 6.45) is 1.69. The van der Waals surface area contributed by atoms with E-state index in [1.165, 1.54) is 4.90 Å². The van der Waals surface area contributed by atoms with Crippen molar-refractivity contribution < 1.29 is 14.3 Å². The van der Waals surface area contributed by atoms with E-state index in [1.807, 2.05) is 42.5 Å². The standard InChI is InChI=1S/C24H14Br3Cl2NO3S/c25-17-4-2-1-3-14(17)11-30-23(31)21(34-24(30)32)9-13-7-18(26)22(19(27)8-13)33-12-15-5-6-16(28)10-20(15)29/h1-10H,11-12H2/b21-9+. The zero-order valence-electron chi connectivity index (χ0n) is 17.2. The fourth-order valence-electron chi connectivity index (χ4n) is 3.17. The second-order valence-electron chi connectivity index (χ2n) is 7.20. The Balaban J connectivity index is 1.51. The molecular weight excluding hydrogens is 693 g/mol. The number of thioether (sulfide) groups is 1. The molecule has 4 rings (SSSR count). The Hall–Kier alpha value is -1.29. The molecule has 0 unspecified atom stereocenters. The summed E-state index contributed by atoms with van der Waals surface area (Å²) in [7, 11) is 0. The van der Waals surface area contributed by atoms with Crippen LogP contribution in [0.15, 0.2) is 72.9 Å². The number of halogens is 5. The highest BCUT2D eigenvalue weighted by atomic mass is 79.9. The van der Waals surface area contributed by atoms with Crippen LogP contribution in [-0.2, 0) is 17.9 Å². The third-order valence-corrected chi connectivity index (χ3v) is 8.31. The van der Waals surface area contributed by atoms with E-state index >= 15 is 0 Å². The average molecular weight is 707 g/mol. The van der Waals surface area contributed by atoms with Crippen molar-refractivity contribution in [3.05, 3.63) is 99.7 Å². The number of carbonyl (C=O) groups is 2. The second-order valence-corrected chi connectivity index (χ2v) is 11.6. The molecule has 0 aromatic heterocycles. The molecule has 0 radical (unpaired) electrons. The summed E-state index contributed by atoms with van der Waals surface area (Å²) >= 11 is 23.6. The van der Waals surface area contributed by atoms with Crippen molar-refractivity contribution in [2.45, 2.75) is 13.2 Å². The summed E-state index contributed by atoms with van der Waals surface area (Å²) in [6.45, 7) is 0.456. The van der Waals surface area contributed by atoms with Crippen molar-refractivity contribution in [2.75, 3.05) is 0 Å². The summed E-state index contributed by atoms with van der Waals surface area (Å²) in [5.74, 6) is 0.265. The molecule has 0 saturated carbocycles. The molecular formula is C24H14Br3Cl2NO3S. The van der Waals surface area contributed by atoms with Crippen LogP contribution in [0.4, 0.5) is 4.79 Å². The maximum absolute atomic E-state index is 12.9. The molecule has 0 spiro atoms. The highest BCUT2D eigenvalue weighted by Crippen LogP contribution is 2.39. The third kappa shape index (κ3) is 5.91. The molecule has 1 heterocycles. The van der Waals surface area contributed by atoms with Crippen LogP contribution in [0.2, 0.25) is 10.0 Å². The van der Waals surface area contributed by atoms with Crippen LogP contribution < -0.4 is 4.74 Å². The van der Waals surface area contributed by atoms with Crippen LogP contribution in [0.5, 0.6) is 5.75 Å². The first-order chi connectivity index (χ1) is 16.2. The van der Waals surface area contributed by atoms with E-state index in [0.29, 0.717) is 29.6 Å². The fourth-order valence-corrected chi connectivity index (χ4v) is 6.34. The smallest absolute Gasteiger partial charge is 0.293 e. The minimum absolute atomic E-state index is 0.205. The Bertz CT molecular complexity index is 1310. The molecule has 1 aliphatic heterocycles. The zero-order chi connectivity index (χ0) is 24.4. The van der Waals surface area contributed by atoms with E-state index in [4.69, 9.17) is 27.9 Å². The lowest BCUT2D eigenvalue weighted by Crippen LogP contribution is -2.27. The Kier molecular flexibility index (Phi) is 8.48. The van der Waals surface area contributed by atoms with Crippen molar-refractivity contribution >= 4 is 100.0 Å². The van der Waals surface area contributed by atoms with Gasteiger partial charge in [-0.2, -0.15) is 0 Å². The lowest BCUT2D eigenvalue weighted by atomic mass is 10.2. The predicted octanol–water partition coefficient (Wildman–Crippen LogP) is 9.10. The second kappa shape index (κ2) is 11.2. The van der Waals surface area contributed by atoms with Gasteiger partial charge in [0.15, 0.2) is 0 Å². The lowest BCUT2D eigenvalue weighted by Gasteiger charge is -2.14. The largest absolute Gasteiger partial charge is 0.486 e. The molecule has 0 bridgehead atoms. The van der Waals surface area contributed by atoms with Crippen molar-refractivity contribution in [3.8, 4) is 5.75 Å².